The molecule has 8 nitrogen and oxygen atoms in total. The Morgan fingerprint density at radius 2 is 1.86 bits per heavy atom. The highest BCUT2D eigenvalue weighted by molar-refractivity contribution is 7.92. The van der Waals surface area contributed by atoms with Gasteiger partial charge in [-0.25, -0.2) is 13.1 Å². The second-order valence-corrected chi connectivity index (χ2v) is 7.72. The third-order valence-corrected chi connectivity index (χ3v) is 4.91. The van der Waals surface area contributed by atoms with Crippen LogP contribution in [0.25, 0.3) is 17.5 Å². The van der Waals surface area contributed by atoms with E-state index in [-0.39, 0.29) is 12.5 Å². The minimum Gasteiger partial charge on any atom is -0.455 e. The molecular weight excluding hydrogens is 394 g/mol. The number of carbonyl (C=O) groups is 1. The van der Waals surface area contributed by atoms with E-state index >= 15 is 0 Å². The number of hydrogen-bond donors (Lipinski definition) is 1. The summed E-state index contributed by atoms with van der Waals surface area (Å²) in [4.78, 5) is 16.0. The fourth-order valence-electron chi connectivity index (χ4n) is 2.38. The molecule has 0 atom stereocenters. The Balaban J connectivity index is 1.49. The predicted octanol–water partition coefficient (Wildman–Crippen LogP) is 2.68. The highest BCUT2D eigenvalue weighted by Crippen LogP contribution is 2.19. The van der Waals surface area contributed by atoms with Gasteiger partial charge < -0.3 is 9.26 Å². The number of sulfonamides is 1. The van der Waals surface area contributed by atoms with E-state index in [0.717, 1.165) is 22.1 Å². The van der Waals surface area contributed by atoms with E-state index in [9.17, 15) is 13.2 Å². The van der Waals surface area contributed by atoms with Crippen LogP contribution in [0.4, 0.5) is 0 Å². The number of hydrogen-bond acceptors (Lipinski definition) is 7. The van der Waals surface area contributed by atoms with Gasteiger partial charge in [0.2, 0.25) is 15.8 Å². The van der Waals surface area contributed by atoms with E-state index in [1.165, 1.54) is 6.08 Å². The maximum atomic E-state index is 11.9. The summed E-state index contributed by atoms with van der Waals surface area (Å²) in [6, 6.07) is 16.5. The Labute approximate surface area is 168 Å². The quantitative estimate of drug-likeness (QED) is 0.565. The summed E-state index contributed by atoms with van der Waals surface area (Å²) in [5.41, 5.74) is 2.52. The molecule has 0 radical (unpaired) electrons. The smallest absolute Gasteiger partial charge is 0.321 e. The van der Waals surface area contributed by atoms with Crippen LogP contribution in [0.2, 0.25) is 0 Å². The van der Waals surface area contributed by atoms with Gasteiger partial charge in [0.1, 0.15) is 6.54 Å². The van der Waals surface area contributed by atoms with Crippen molar-refractivity contribution < 1.29 is 22.5 Å². The summed E-state index contributed by atoms with van der Waals surface area (Å²) in [5.74, 6) is -0.262. The number of benzene rings is 2. The molecule has 0 spiro atoms. The molecule has 150 valence electrons. The van der Waals surface area contributed by atoms with Gasteiger partial charge in [0, 0.05) is 11.0 Å². The summed E-state index contributed by atoms with van der Waals surface area (Å²) in [5, 5.41) is 4.85. The molecule has 0 unspecified atom stereocenters. The molecule has 29 heavy (non-hydrogen) atoms. The zero-order chi connectivity index (χ0) is 20.7. The molecule has 1 N–H and O–H groups in total. The van der Waals surface area contributed by atoms with Gasteiger partial charge in [0.05, 0.1) is 0 Å². The number of nitrogens with one attached hydrogen (secondary N) is 1. The predicted molar refractivity (Wildman–Crippen MR) is 107 cm³/mol. The lowest BCUT2D eigenvalue weighted by molar-refractivity contribution is -0.144. The Bertz CT molecular complexity index is 1110. The number of esters is 1. The van der Waals surface area contributed by atoms with Crippen LogP contribution >= 0.6 is 0 Å². The third kappa shape index (κ3) is 6.09. The van der Waals surface area contributed by atoms with Crippen molar-refractivity contribution >= 4 is 22.1 Å². The Hall–Kier alpha value is -3.30. The summed E-state index contributed by atoms with van der Waals surface area (Å²) < 4.78 is 36.1. The van der Waals surface area contributed by atoms with Crippen LogP contribution in [-0.4, -0.2) is 31.1 Å². The van der Waals surface area contributed by atoms with E-state index in [4.69, 9.17) is 9.26 Å². The zero-order valence-electron chi connectivity index (χ0n) is 15.6. The van der Waals surface area contributed by atoms with Gasteiger partial charge in [-0.1, -0.05) is 59.8 Å². The minimum absolute atomic E-state index is 0.114. The van der Waals surface area contributed by atoms with Crippen LogP contribution in [0.3, 0.4) is 0 Å². The lowest BCUT2D eigenvalue weighted by Crippen LogP contribution is -2.29. The topological polar surface area (TPSA) is 111 Å². The van der Waals surface area contributed by atoms with Crippen molar-refractivity contribution in [2.24, 2.45) is 0 Å². The Morgan fingerprint density at radius 3 is 2.62 bits per heavy atom. The largest absolute Gasteiger partial charge is 0.455 e. The average molecular weight is 413 g/mol. The normalized spacial score (nSPS) is 11.6. The molecule has 0 aliphatic heterocycles. The molecule has 1 aromatic heterocycles. The van der Waals surface area contributed by atoms with Gasteiger partial charge in [0.15, 0.2) is 6.61 Å². The number of nitrogens with zero attached hydrogens (tertiary/aromatic N) is 2. The van der Waals surface area contributed by atoms with Crippen LogP contribution in [0.5, 0.6) is 0 Å². The number of aryl methyl sites for hydroxylation is 1. The van der Waals surface area contributed by atoms with Crippen LogP contribution in [0, 0.1) is 6.92 Å². The van der Waals surface area contributed by atoms with E-state index in [0.29, 0.717) is 5.82 Å². The van der Waals surface area contributed by atoms with Crippen molar-refractivity contribution in [3.8, 4) is 11.4 Å². The second-order valence-electron chi connectivity index (χ2n) is 6.07. The first-order valence-electron chi connectivity index (χ1n) is 8.70. The van der Waals surface area contributed by atoms with Crippen molar-refractivity contribution in [2.45, 2.75) is 13.5 Å². The first-order valence-corrected chi connectivity index (χ1v) is 10.2. The molecule has 0 amide bonds. The molecule has 0 aliphatic rings. The average Bonchev–Trinajstić information content (AvgIpc) is 3.19. The second kappa shape index (κ2) is 9.26. The molecule has 3 rings (SSSR count). The molecule has 9 heteroatoms. The number of ether oxygens (including phenoxy) is 1. The van der Waals surface area contributed by atoms with Gasteiger partial charge in [-0.15, -0.1) is 0 Å². The van der Waals surface area contributed by atoms with Gasteiger partial charge in [-0.2, -0.15) is 4.98 Å². The van der Waals surface area contributed by atoms with Crippen LogP contribution in [0.1, 0.15) is 17.0 Å². The molecule has 1 heterocycles. The summed E-state index contributed by atoms with van der Waals surface area (Å²) in [6.07, 6.45) is 1.43. The van der Waals surface area contributed by atoms with Gasteiger partial charge in [-0.05, 0) is 24.1 Å². The van der Waals surface area contributed by atoms with Crippen LogP contribution in [-0.2, 0) is 26.2 Å². The van der Waals surface area contributed by atoms with Crippen LogP contribution in [0.15, 0.2) is 64.5 Å². The molecule has 0 saturated carbocycles. The van der Waals surface area contributed by atoms with Gasteiger partial charge in [0.25, 0.3) is 5.89 Å². The SMILES string of the molecule is Cc1ccccc1-c1noc(COC(=O)CNS(=O)(=O)/C=C/c2ccccc2)n1. The molecule has 2 aromatic carbocycles. The van der Waals surface area contributed by atoms with Crippen molar-refractivity contribution in [1.29, 1.82) is 0 Å². The lowest BCUT2D eigenvalue weighted by Gasteiger charge is -2.03. The molecule has 0 aliphatic carbocycles. The first-order chi connectivity index (χ1) is 13.9. The van der Waals surface area contributed by atoms with Crippen molar-refractivity contribution in [3.05, 3.63) is 77.0 Å². The highest BCUT2D eigenvalue weighted by Gasteiger charge is 2.14. The lowest BCUT2D eigenvalue weighted by atomic mass is 10.1. The fourth-order valence-corrected chi connectivity index (χ4v) is 3.13. The van der Waals surface area contributed by atoms with Gasteiger partial charge >= 0.3 is 5.97 Å². The molecule has 3 aromatic rings. The van der Waals surface area contributed by atoms with Gasteiger partial charge in [-0.3, -0.25) is 4.79 Å². The third-order valence-electron chi connectivity index (χ3n) is 3.87. The van der Waals surface area contributed by atoms with Crippen LogP contribution < -0.4 is 4.72 Å². The van der Waals surface area contributed by atoms with Crippen molar-refractivity contribution in [3.63, 3.8) is 0 Å². The number of aromatic nitrogens is 2. The highest BCUT2D eigenvalue weighted by atomic mass is 32.2. The first kappa shape index (κ1) is 20.4. The molecular formula is C20H19N3O5S. The fraction of sp³-hybridized carbons (Fsp3) is 0.150. The maximum Gasteiger partial charge on any atom is 0.321 e. The Kier molecular flexibility index (Phi) is 6.53. The molecule has 0 bridgehead atoms. The zero-order valence-corrected chi connectivity index (χ0v) is 16.4. The molecule has 0 fully saturated rings. The minimum atomic E-state index is -3.78. The summed E-state index contributed by atoms with van der Waals surface area (Å²) in [7, 11) is -3.78. The monoisotopic (exact) mass is 413 g/mol. The summed E-state index contributed by atoms with van der Waals surface area (Å²) >= 11 is 0. The van der Waals surface area contributed by atoms with Crippen molar-refractivity contribution in [1.82, 2.24) is 14.9 Å². The van der Waals surface area contributed by atoms with Crippen molar-refractivity contribution in [2.75, 3.05) is 6.54 Å². The van der Waals surface area contributed by atoms with E-state index in [1.807, 2.05) is 37.3 Å². The Morgan fingerprint density at radius 1 is 1.14 bits per heavy atom. The number of carbonyl (C=O) groups excluding carboxylic acids is 1. The molecule has 0 saturated heterocycles. The van der Waals surface area contributed by atoms with E-state index < -0.39 is 22.5 Å². The van der Waals surface area contributed by atoms with E-state index in [1.54, 1.807) is 24.3 Å². The summed E-state index contributed by atoms with van der Waals surface area (Å²) in [6.45, 7) is 1.16. The van der Waals surface area contributed by atoms with E-state index in [2.05, 4.69) is 14.9 Å². The number of rotatable bonds is 8. The standard InChI is InChI=1S/C20H19N3O5S/c1-15-7-5-6-10-17(15)20-22-18(28-23-20)14-27-19(24)13-21-29(25,26)12-11-16-8-3-2-4-9-16/h2-12,21H,13-14H2,1H3/b12-11+. The maximum absolute atomic E-state index is 11.9.